The molecule has 0 spiro atoms. The Hall–Kier alpha value is -2.62. The Kier molecular flexibility index (Phi) is 3.68. The van der Waals surface area contributed by atoms with Crippen LogP contribution in [0.3, 0.4) is 0 Å². The van der Waals surface area contributed by atoms with Crippen molar-refractivity contribution in [1.29, 1.82) is 0 Å². The van der Waals surface area contributed by atoms with Crippen LogP contribution in [0, 0.1) is 6.92 Å². The first-order valence-corrected chi connectivity index (χ1v) is 7.62. The lowest BCUT2D eigenvalue weighted by Crippen LogP contribution is -2.14. The Bertz CT molecular complexity index is 855. The number of carbonyl (C=O) groups excluding carboxylic acids is 1. The summed E-state index contributed by atoms with van der Waals surface area (Å²) in [6.07, 6.45) is 0. The lowest BCUT2D eigenvalue weighted by atomic mass is 9.87. The maximum absolute atomic E-state index is 12.4. The molecule has 4 heteroatoms. The molecule has 23 heavy (non-hydrogen) atoms. The van der Waals surface area contributed by atoms with Crippen molar-refractivity contribution in [3.8, 4) is 0 Å². The van der Waals surface area contributed by atoms with E-state index in [4.69, 9.17) is 4.42 Å². The van der Waals surface area contributed by atoms with Gasteiger partial charge in [0.05, 0.1) is 0 Å². The van der Waals surface area contributed by atoms with Crippen molar-refractivity contribution in [2.75, 3.05) is 5.32 Å². The first kappa shape index (κ1) is 15.3. The lowest BCUT2D eigenvalue weighted by molar-refractivity contribution is 0.102. The minimum atomic E-state index is -0.134. The van der Waals surface area contributed by atoms with Crippen LogP contribution in [-0.2, 0) is 5.41 Å². The van der Waals surface area contributed by atoms with Gasteiger partial charge in [-0.15, -0.1) is 0 Å². The Morgan fingerprint density at radius 1 is 1.09 bits per heavy atom. The maximum Gasteiger partial charge on any atom is 0.255 e. The van der Waals surface area contributed by atoms with E-state index in [1.165, 1.54) is 5.56 Å². The van der Waals surface area contributed by atoms with E-state index in [2.05, 4.69) is 31.1 Å². The molecule has 0 saturated heterocycles. The van der Waals surface area contributed by atoms with E-state index in [0.29, 0.717) is 17.1 Å². The molecule has 3 rings (SSSR count). The molecule has 0 bridgehead atoms. The number of nitrogens with one attached hydrogen (secondary N) is 1. The molecule has 0 unspecified atom stereocenters. The number of rotatable bonds is 2. The van der Waals surface area contributed by atoms with Gasteiger partial charge in [0.25, 0.3) is 5.91 Å². The topological polar surface area (TPSA) is 55.1 Å². The molecule has 0 fully saturated rings. The molecule has 0 saturated carbocycles. The number of nitrogens with zero attached hydrogens (tertiary/aromatic N) is 1. The van der Waals surface area contributed by atoms with Gasteiger partial charge in [0.1, 0.15) is 5.52 Å². The van der Waals surface area contributed by atoms with E-state index in [1.54, 1.807) is 6.92 Å². The summed E-state index contributed by atoms with van der Waals surface area (Å²) in [5.41, 5.74) is 4.07. The van der Waals surface area contributed by atoms with Crippen LogP contribution < -0.4 is 5.32 Å². The van der Waals surface area contributed by atoms with Crippen LogP contribution in [0.2, 0.25) is 0 Å². The maximum atomic E-state index is 12.4. The predicted octanol–water partition coefficient (Wildman–Crippen LogP) is 4.69. The van der Waals surface area contributed by atoms with Gasteiger partial charge in [0, 0.05) is 18.2 Å². The summed E-state index contributed by atoms with van der Waals surface area (Å²) in [6.45, 7) is 8.25. The fourth-order valence-electron chi connectivity index (χ4n) is 2.45. The summed E-state index contributed by atoms with van der Waals surface area (Å²) in [5.74, 6) is 0.478. The van der Waals surface area contributed by atoms with Gasteiger partial charge in [-0.2, -0.15) is 0 Å². The molecule has 4 nitrogen and oxygen atoms in total. The van der Waals surface area contributed by atoms with Crippen molar-refractivity contribution in [3.05, 3.63) is 59.5 Å². The molecule has 0 radical (unpaired) electrons. The Labute approximate surface area is 135 Å². The van der Waals surface area contributed by atoms with Crippen molar-refractivity contribution in [2.45, 2.75) is 33.1 Å². The molecule has 1 heterocycles. The second-order valence-corrected chi connectivity index (χ2v) is 6.70. The zero-order valence-electron chi connectivity index (χ0n) is 13.8. The molecule has 0 aliphatic heterocycles. The molecule has 3 aromatic rings. The quantitative estimate of drug-likeness (QED) is 0.747. The first-order valence-electron chi connectivity index (χ1n) is 7.62. The summed E-state index contributed by atoms with van der Waals surface area (Å²) in [7, 11) is 0. The smallest absolute Gasteiger partial charge is 0.255 e. The Morgan fingerprint density at radius 3 is 2.43 bits per heavy atom. The highest BCUT2D eigenvalue weighted by Crippen LogP contribution is 2.23. The average molecular weight is 308 g/mol. The van der Waals surface area contributed by atoms with Crippen LogP contribution in [0.25, 0.3) is 11.1 Å². The summed E-state index contributed by atoms with van der Waals surface area (Å²) in [4.78, 5) is 16.6. The second kappa shape index (κ2) is 5.54. The normalized spacial score (nSPS) is 11.7. The third kappa shape index (κ3) is 3.26. The first-order chi connectivity index (χ1) is 10.8. The molecular formula is C19H20N2O2. The number of carbonyl (C=O) groups is 1. The number of aromatic nitrogens is 1. The summed E-state index contributed by atoms with van der Waals surface area (Å²) < 4.78 is 5.43. The van der Waals surface area contributed by atoms with Crippen molar-refractivity contribution >= 4 is 22.7 Å². The largest absolute Gasteiger partial charge is 0.441 e. The van der Waals surface area contributed by atoms with Crippen LogP contribution >= 0.6 is 0 Å². The van der Waals surface area contributed by atoms with Crippen LogP contribution in [0.5, 0.6) is 0 Å². The highest BCUT2D eigenvalue weighted by molar-refractivity contribution is 6.04. The number of anilines is 1. The van der Waals surface area contributed by atoms with E-state index in [0.717, 1.165) is 11.1 Å². The lowest BCUT2D eigenvalue weighted by Gasteiger charge is -2.19. The van der Waals surface area contributed by atoms with Gasteiger partial charge in [0.15, 0.2) is 11.5 Å². The summed E-state index contributed by atoms with van der Waals surface area (Å²) in [6, 6.07) is 13.1. The molecule has 118 valence electrons. The van der Waals surface area contributed by atoms with Gasteiger partial charge >= 0.3 is 0 Å². The van der Waals surface area contributed by atoms with Gasteiger partial charge < -0.3 is 9.73 Å². The van der Waals surface area contributed by atoms with Crippen LogP contribution in [0.15, 0.2) is 46.9 Å². The van der Waals surface area contributed by atoms with Crippen molar-refractivity contribution in [1.82, 2.24) is 4.98 Å². The number of hydrogen-bond donors (Lipinski definition) is 1. The number of benzene rings is 2. The van der Waals surface area contributed by atoms with Gasteiger partial charge in [-0.25, -0.2) is 4.98 Å². The van der Waals surface area contributed by atoms with E-state index in [-0.39, 0.29) is 11.3 Å². The zero-order valence-corrected chi connectivity index (χ0v) is 13.8. The van der Waals surface area contributed by atoms with Crippen molar-refractivity contribution in [3.63, 3.8) is 0 Å². The fraction of sp³-hybridized carbons (Fsp3) is 0.263. The molecular weight excluding hydrogens is 288 g/mol. The predicted molar refractivity (Wildman–Crippen MR) is 91.8 cm³/mol. The Morgan fingerprint density at radius 2 is 1.78 bits per heavy atom. The number of oxazole rings is 1. The average Bonchev–Trinajstić information content (AvgIpc) is 2.86. The van der Waals surface area contributed by atoms with Crippen LogP contribution in [0.1, 0.15) is 42.6 Å². The molecule has 1 amide bonds. The minimum Gasteiger partial charge on any atom is -0.441 e. The highest BCUT2D eigenvalue weighted by Gasteiger charge is 2.14. The molecule has 0 atom stereocenters. The van der Waals surface area contributed by atoms with Gasteiger partial charge in [-0.1, -0.05) is 32.9 Å². The molecule has 1 aromatic heterocycles. The highest BCUT2D eigenvalue weighted by atomic mass is 16.3. The van der Waals surface area contributed by atoms with E-state index in [9.17, 15) is 4.79 Å². The van der Waals surface area contributed by atoms with Gasteiger partial charge in [-0.3, -0.25) is 4.79 Å². The van der Waals surface area contributed by atoms with E-state index >= 15 is 0 Å². The van der Waals surface area contributed by atoms with Crippen LogP contribution in [-0.4, -0.2) is 10.9 Å². The Balaban J connectivity index is 1.79. The van der Waals surface area contributed by atoms with E-state index < -0.39 is 0 Å². The number of fused-ring (bicyclic) bond motifs is 1. The van der Waals surface area contributed by atoms with Crippen LogP contribution in [0.4, 0.5) is 5.69 Å². The second-order valence-electron chi connectivity index (χ2n) is 6.70. The molecule has 2 aromatic carbocycles. The summed E-state index contributed by atoms with van der Waals surface area (Å²) >= 11 is 0. The van der Waals surface area contributed by atoms with E-state index in [1.807, 2.05) is 42.5 Å². The minimum absolute atomic E-state index is 0.0743. The molecule has 0 aliphatic rings. The van der Waals surface area contributed by atoms with Gasteiger partial charge in [0.2, 0.25) is 0 Å². The van der Waals surface area contributed by atoms with Crippen molar-refractivity contribution < 1.29 is 9.21 Å². The zero-order chi connectivity index (χ0) is 16.6. The molecule has 0 aliphatic carbocycles. The molecule has 1 N–H and O–H groups in total. The van der Waals surface area contributed by atoms with Crippen molar-refractivity contribution in [2.24, 2.45) is 0 Å². The summed E-state index contributed by atoms with van der Waals surface area (Å²) in [5, 5.41) is 2.90. The SMILES string of the molecule is Cc1nc2cc(NC(=O)c3ccc(C(C)(C)C)cc3)ccc2o1. The third-order valence-corrected chi connectivity index (χ3v) is 3.77. The number of aryl methyl sites for hydroxylation is 1. The third-order valence-electron chi connectivity index (χ3n) is 3.77. The number of hydrogen-bond acceptors (Lipinski definition) is 3. The standard InChI is InChI=1S/C19H20N2O2/c1-12-20-16-11-15(9-10-17(16)23-12)21-18(22)13-5-7-14(8-6-13)19(2,3)4/h5-11H,1-4H3,(H,21,22). The number of amides is 1. The fourth-order valence-corrected chi connectivity index (χ4v) is 2.45. The van der Waals surface area contributed by atoms with Gasteiger partial charge in [-0.05, 0) is 41.3 Å². The monoisotopic (exact) mass is 308 g/mol.